The van der Waals surface area contributed by atoms with Gasteiger partial charge in [0.2, 0.25) is 0 Å². The van der Waals surface area contributed by atoms with Gasteiger partial charge >= 0.3 is 0 Å². The van der Waals surface area contributed by atoms with E-state index >= 15 is 13.7 Å². The zero-order valence-electron chi connectivity index (χ0n) is 37.0. The van der Waals surface area contributed by atoms with Gasteiger partial charge in [-0.2, -0.15) is 5.90 Å². The lowest BCUT2D eigenvalue weighted by Gasteiger charge is -2.33. The number of hydrogen-bond acceptors (Lipinski definition) is 10. The lowest BCUT2D eigenvalue weighted by atomic mass is 9.76. The molecule has 0 radical (unpaired) electrons. The largest absolute Gasteiger partial charge is 0.439 e. The maximum atomic E-state index is 15.6. The minimum Gasteiger partial charge on any atom is -0.439 e. The smallest absolute Gasteiger partial charge is 0.292 e. The van der Waals surface area contributed by atoms with Gasteiger partial charge in [-0.1, -0.05) is 147 Å². The third kappa shape index (κ3) is 7.26. The minimum atomic E-state index is -3.75. The van der Waals surface area contributed by atoms with Crippen molar-refractivity contribution in [2.75, 3.05) is 0 Å². The van der Waals surface area contributed by atoms with Gasteiger partial charge in [0.05, 0.1) is 34.4 Å². The Morgan fingerprint density at radius 3 is 1.24 bits per heavy atom. The van der Waals surface area contributed by atoms with Crippen LogP contribution in [0.2, 0.25) is 0 Å². The van der Waals surface area contributed by atoms with Crippen LogP contribution in [0.5, 0.6) is 28.7 Å². The fourth-order valence-electron chi connectivity index (χ4n) is 9.86. The lowest BCUT2D eigenvalue weighted by molar-refractivity contribution is 0.328. The monoisotopic (exact) mass is 952 g/mol. The molecule has 68 heavy (non-hydrogen) atoms. The number of nitrogens with two attached hydrogens (primary N) is 1. The Bertz CT molecular complexity index is 3430. The van der Waals surface area contributed by atoms with Crippen LogP contribution < -0.4 is 45.0 Å². The standard InChI is InChI=1S/C55H43N2O8P3/c1-55(2,39-27-28-47(61-35-56)36(29-39)32-66(58)51-24-12-6-18-44(51)41-15-3-9-21-48(41)63-66)40-30-37(33-67(59)52-25-13-7-19-45(52)42-16-4-10-22-49(42)64-67)54(62-57)38(31-40)34-68(60)53-26-14-8-20-46(53)43-17-5-11-23-50(43)65-68/h3-31H,32-34,57H2,1-2H3. The highest BCUT2D eigenvalue weighted by atomic mass is 31.2. The Labute approximate surface area is 394 Å². The van der Waals surface area contributed by atoms with Crippen LogP contribution in [0.25, 0.3) is 33.4 Å². The van der Waals surface area contributed by atoms with Crippen molar-refractivity contribution in [3.05, 3.63) is 204 Å². The fourth-order valence-corrected chi connectivity index (χ4v) is 17.0. The summed E-state index contributed by atoms with van der Waals surface area (Å²) in [6.07, 6.45) is 1.50. The molecule has 3 aliphatic heterocycles. The number of rotatable bonds is 10. The van der Waals surface area contributed by atoms with E-state index in [1.165, 1.54) is 0 Å². The van der Waals surface area contributed by atoms with Crippen LogP contribution in [-0.4, -0.2) is 0 Å². The normalized spacial score (nSPS) is 19.4. The van der Waals surface area contributed by atoms with Crippen molar-refractivity contribution in [1.29, 1.82) is 5.26 Å². The first-order chi connectivity index (χ1) is 32.9. The summed E-state index contributed by atoms with van der Waals surface area (Å²) >= 11 is 0. The van der Waals surface area contributed by atoms with Gasteiger partial charge in [-0.25, -0.2) is 0 Å². The molecular formula is C55H43N2O8P3. The predicted molar refractivity (Wildman–Crippen MR) is 266 cm³/mol. The highest BCUT2D eigenvalue weighted by Crippen LogP contribution is 2.61. The summed E-state index contributed by atoms with van der Waals surface area (Å²) < 4.78 is 71.5. The summed E-state index contributed by atoms with van der Waals surface area (Å²) in [4.78, 5) is 5.80. The maximum Gasteiger partial charge on any atom is 0.292 e. The summed E-state index contributed by atoms with van der Waals surface area (Å²) in [7, 11) is -11.1. The second kappa shape index (κ2) is 16.6. The number of nitrogens with zero attached hydrogens (tertiary/aromatic N) is 1. The number of nitriles is 1. The minimum absolute atomic E-state index is 0.0709. The third-order valence-electron chi connectivity index (χ3n) is 13.2. The van der Waals surface area contributed by atoms with Gasteiger partial charge in [0.15, 0.2) is 5.75 Å². The molecule has 0 fully saturated rings. The van der Waals surface area contributed by atoms with Crippen LogP contribution in [0.15, 0.2) is 176 Å². The maximum absolute atomic E-state index is 15.6. The van der Waals surface area contributed by atoms with Crippen LogP contribution in [-0.2, 0) is 37.6 Å². The first-order valence-electron chi connectivity index (χ1n) is 22.1. The van der Waals surface area contributed by atoms with E-state index in [-0.39, 0.29) is 30.0 Å². The van der Waals surface area contributed by atoms with Crippen LogP contribution in [0.4, 0.5) is 0 Å². The molecule has 3 heterocycles. The van der Waals surface area contributed by atoms with E-state index in [1.807, 2.05) is 184 Å². The Morgan fingerprint density at radius 2 is 0.838 bits per heavy atom. The number of ether oxygens (including phenoxy) is 1. The molecule has 336 valence electrons. The molecular weight excluding hydrogens is 910 g/mol. The average Bonchev–Trinajstić information content (AvgIpc) is 3.35. The Hall–Kier alpha value is -7.10. The van der Waals surface area contributed by atoms with Crippen molar-refractivity contribution >= 4 is 38.0 Å². The van der Waals surface area contributed by atoms with Crippen molar-refractivity contribution in [3.8, 4) is 68.4 Å². The van der Waals surface area contributed by atoms with E-state index in [4.69, 9.17) is 29.0 Å². The van der Waals surface area contributed by atoms with Crippen molar-refractivity contribution in [3.63, 3.8) is 0 Å². The van der Waals surface area contributed by atoms with E-state index in [0.717, 1.165) is 44.5 Å². The van der Waals surface area contributed by atoms with Crippen LogP contribution >= 0.6 is 22.1 Å². The van der Waals surface area contributed by atoms with Gasteiger partial charge < -0.3 is 23.1 Å². The summed E-state index contributed by atoms with van der Waals surface area (Å²) in [6, 6.07) is 54.4. The van der Waals surface area contributed by atoms with Gasteiger partial charge in [-0.15, -0.1) is 5.26 Å². The number of benzene rings is 8. The van der Waals surface area contributed by atoms with Crippen LogP contribution in [0.3, 0.4) is 0 Å². The zero-order chi connectivity index (χ0) is 46.8. The Balaban J connectivity index is 1.06. The predicted octanol–water partition coefficient (Wildman–Crippen LogP) is 12.6. The summed E-state index contributed by atoms with van der Waals surface area (Å²) in [5.41, 5.74) is 7.02. The zero-order valence-corrected chi connectivity index (χ0v) is 39.7. The summed E-state index contributed by atoms with van der Waals surface area (Å²) in [5, 5.41) is 11.5. The topological polar surface area (TPSA) is 147 Å². The molecule has 2 N–H and O–H groups in total. The first kappa shape index (κ1) is 43.5. The van der Waals surface area contributed by atoms with Gasteiger partial charge in [-0.05, 0) is 70.3 Å². The molecule has 11 rings (SSSR count). The summed E-state index contributed by atoms with van der Waals surface area (Å²) in [5.74, 6) is 8.21. The SMILES string of the molecule is CC(C)(c1ccc(OC#N)c(CP2(=O)Oc3ccccc3-c3ccccc32)c1)c1cc(CP2(=O)Oc3ccccc3-c3ccccc32)c(ON)c(CP2(=O)Oc3ccccc3-c3ccccc32)c1. The van der Waals surface area contributed by atoms with Crippen LogP contribution in [0.1, 0.15) is 41.7 Å². The van der Waals surface area contributed by atoms with E-state index in [0.29, 0.717) is 49.9 Å². The molecule has 0 bridgehead atoms. The van der Waals surface area contributed by atoms with Crippen molar-refractivity contribution < 1.29 is 36.8 Å². The fraction of sp³-hybridized carbons (Fsp3) is 0.109. The molecule has 0 aliphatic carbocycles. The molecule has 8 aromatic rings. The number of fused-ring (bicyclic) bond motifs is 9. The van der Waals surface area contributed by atoms with E-state index in [1.54, 1.807) is 12.3 Å². The molecule has 10 nitrogen and oxygen atoms in total. The molecule has 0 saturated carbocycles. The van der Waals surface area contributed by atoms with Crippen molar-refractivity contribution in [2.24, 2.45) is 5.90 Å². The van der Waals surface area contributed by atoms with Gasteiger partial charge in [0.25, 0.3) is 28.4 Å². The molecule has 8 aromatic carbocycles. The molecule has 13 heteroatoms. The summed E-state index contributed by atoms with van der Waals surface area (Å²) in [6.45, 7) is 4.06. The molecule has 3 unspecified atom stereocenters. The molecule has 0 aromatic heterocycles. The highest BCUT2D eigenvalue weighted by molar-refractivity contribution is 7.67. The molecule has 3 atom stereocenters. The Morgan fingerprint density at radius 1 is 0.485 bits per heavy atom. The Kier molecular flexibility index (Phi) is 10.6. The van der Waals surface area contributed by atoms with Gasteiger partial charge in [0, 0.05) is 38.8 Å². The van der Waals surface area contributed by atoms with E-state index < -0.39 is 27.5 Å². The molecule has 0 amide bonds. The van der Waals surface area contributed by atoms with E-state index in [2.05, 4.69) is 0 Å². The average molecular weight is 953 g/mol. The lowest BCUT2D eigenvalue weighted by Crippen LogP contribution is -2.24. The second-order valence-electron chi connectivity index (χ2n) is 17.7. The first-order valence-corrected chi connectivity index (χ1v) is 27.5. The van der Waals surface area contributed by atoms with E-state index in [9.17, 15) is 5.26 Å². The van der Waals surface area contributed by atoms with Crippen LogP contribution in [0, 0.1) is 11.5 Å². The van der Waals surface area contributed by atoms with Gasteiger partial charge in [0.1, 0.15) is 23.0 Å². The number of para-hydroxylation sites is 3. The van der Waals surface area contributed by atoms with Crippen molar-refractivity contribution in [1.82, 2.24) is 0 Å². The molecule has 0 saturated heterocycles. The molecule has 3 aliphatic rings. The third-order valence-corrected chi connectivity index (χ3v) is 20.4. The second-order valence-corrected chi connectivity index (χ2v) is 24.7. The molecule has 0 spiro atoms. The van der Waals surface area contributed by atoms with Gasteiger partial charge in [-0.3, -0.25) is 13.7 Å². The number of hydrogen-bond donors (Lipinski definition) is 1. The quantitative estimate of drug-likeness (QED) is 0.0798. The highest BCUT2D eigenvalue weighted by Gasteiger charge is 2.42. The van der Waals surface area contributed by atoms with Crippen molar-refractivity contribution in [2.45, 2.75) is 37.7 Å².